The summed E-state index contributed by atoms with van der Waals surface area (Å²) in [6.45, 7) is 4.28. The summed E-state index contributed by atoms with van der Waals surface area (Å²) in [6.07, 6.45) is 3.28. The fourth-order valence-electron chi connectivity index (χ4n) is 4.61. The predicted molar refractivity (Wildman–Crippen MR) is 114 cm³/mol. The van der Waals surface area contributed by atoms with Crippen LogP contribution in [0.4, 0.5) is 4.79 Å². The largest absolute Gasteiger partial charge is 0.329 e. The van der Waals surface area contributed by atoms with Crippen LogP contribution in [0.25, 0.3) is 0 Å². The molecule has 2 aliphatic heterocycles. The van der Waals surface area contributed by atoms with Crippen LogP contribution in [0, 0.1) is 5.92 Å². The summed E-state index contributed by atoms with van der Waals surface area (Å²) in [5.74, 6) is 0.469. The van der Waals surface area contributed by atoms with Crippen molar-refractivity contribution in [3.63, 3.8) is 0 Å². The van der Waals surface area contributed by atoms with E-state index in [1.807, 2.05) is 0 Å². The van der Waals surface area contributed by atoms with Crippen molar-refractivity contribution < 1.29 is 22.9 Å². The maximum absolute atomic E-state index is 13.0. The lowest BCUT2D eigenvalue weighted by molar-refractivity contribution is -0.910. The number of hydrogen-bond acceptors (Lipinski definition) is 4. The van der Waals surface area contributed by atoms with Crippen LogP contribution in [0.1, 0.15) is 32.6 Å². The molecular weight excluding hydrogens is 472 g/mol. The molecule has 4 rings (SSSR count). The maximum atomic E-state index is 13.0. The second kappa shape index (κ2) is 8.22. The Morgan fingerprint density at radius 3 is 2.50 bits per heavy atom. The monoisotopic (exact) mass is 499 g/mol. The summed E-state index contributed by atoms with van der Waals surface area (Å²) >= 11 is 3.32. The molecule has 1 aliphatic carbocycles. The van der Waals surface area contributed by atoms with Gasteiger partial charge in [0.15, 0.2) is 6.67 Å². The van der Waals surface area contributed by atoms with Gasteiger partial charge in [0.05, 0.1) is 31.1 Å². The lowest BCUT2D eigenvalue weighted by Gasteiger charge is -2.34. The number of urea groups is 1. The first-order chi connectivity index (χ1) is 14.2. The Hall–Kier alpha value is -1.49. The number of quaternary nitrogens is 1. The first-order valence-corrected chi connectivity index (χ1v) is 12.7. The number of rotatable bonds is 4. The summed E-state index contributed by atoms with van der Waals surface area (Å²) in [5, 5.41) is 2.95. The van der Waals surface area contributed by atoms with E-state index in [1.54, 1.807) is 24.3 Å². The molecule has 0 atom stereocenters. The molecule has 3 fully saturated rings. The highest BCUT2D eigenvalue weighted by Crippen LogP contribution is 2.36. The molecule has 0 aromatic heterocycles. The quantitative estimate of drug-likeness (QED) is 0.599. The standard InChI is InChI=1S/C20H27BrN4O4S/c1-15-5-7-20(8-6-15)18(26)25(19(27)22-20)14-23-9-11-24(12-10-23)30(28,29)17-4-2-3-16(21)13-17/h2-4,13,15H,5-12,14H2,1H3,(H,22,27)/p+1. The Morgan fingerprint density at radius 1 is 1.20 bits per heavy atom. The van der Waals surface area contributed by atoms with Crippen molar-refractivity contribution in [3.8, 4) is 0 Å². The molecule has 0 unspecified atom stereocenters. The number of piperazine rings is 1. The second-order valence-corrected chi connectivity index (χ2v) is 11.6. The van der Waals surface area contributed by atoms with Crippen molar-refractivity contribution in [3.05, 3.63) is 28.7 Å². The number of benzene rings is 1. The van der Waals surface area contributed by atoms with Gasteiger partial charge in [0.2, 0.25) is 10.0 Å². The molecule has 10 heteroatoms. The Labute approximate surface area is 185 Å². The summed E-state index contributed by atoms with van der Waals surface area (Å²) in [5.41, 5.74) is -0.727. The number of hydrogen-bond donors (Lipinski definition) is 2. The molecule has 3 aliphatic rings. The van der Waals surface area contributed by atoms with Crippen LogP contribution in [0.15, 0.2) is 33.6 Å². The third-order valence-electron chi connectivity index (χ3n) is 6.62. The number of imide groups is 1. The van der Waals surface area contributed by atoms with E-state index in [4.69, 9.17) is 0 Å². The van der Waals surface area contributed by atoms with E-state index in [9.17, 15) is 18.0 Å². The molecule has 2 saturated heterocycles. The number of carbonyl (C=O) groups is 2. The van der Waals surface area contributed by atoms with Crippen LogP contribution in [-0.4, -0.2) is 67.9 Å². The number of sulfonamides is 1. The van der Waals surface area contributed by atoms with Gasteiger partial charge in [-0.15, -0.1) is 0 Å². The third kappa shape index (κ3) is 4.02. The van der Waals surface area contributed by atoms with Gasteiger partial charge in [-0.05, 0) is 49.8 Å². The summed E-state index contributed by atoms with van der Waals surface area (Å²) in [6, 6.07) is 6.38. The van der Waals surface area contributed by atoms with E-state index >= 15 is 0 Å². The highest BCUT2D eigenvalue weighted by atomic mass is 79.9. The number of nitrogens with one attached hydrogen (secondary N) is 2. The van der Waals surface area contributed by atoms with Gasteiger partial charge >= 0.3 is 6.03 Å². The van der Waals surface area contributed by atoms with E-state index in [2.05, 4.69) is 28.2 Å². The minimum Gasteiger partial charge on any atom is -0.323 e. The molecule has 164 valence electrons. The zero-order valence-corrected chi connectivity index (χ0v) is 19.5. The van der Waals surface area contributed by atoms with Crippen molar-refractivity contribution in [2.75, 3.05) is 32.8 Å². The molecule has 0 bridgehead atoms. The number of halogens is 1. The summed E-state index contributed by atoms with van der Waals surface area (Å²) < 4.78 is 28.0. The molecular formula is C20H28BrN4O4S+. The van der Waals surface area contributed by atoms with E-state index in [0.29, 0.717) is 44.9 Å². The fourth-order valence-corrected chi connectivity index (χ4v) is 6.65. The van der Waals surface area contributed by atoms with E-state index in [1.165, 1.54) is 9.21 Å². The van der Waals surface area contributed by atoms with E-state index in [-0.39, 0.29) is 23.5 Å². The van der Waals surface area contributed by atoms with Gasteiger partial charge in [0, 0.05) is 4.47 Å². The van der Waals surface area contributed by atoms with Crippen molar-refractivity contribution >= 4 is 37.9 Å². The zero-order chi connectivity index (χ0) is 21.5. The van der Waals surface area contributed by atoms with Crippen molar-refractivity contribution in [2.45, 2.75) is 43.0 Å². The first-order valence-electron chi connectivity index (χ1n) is 10.4. The number of amides is 3. The van der Waals surface area contributed by atoms with Gasteiger partial charge in [0.1, 0.15) is 5.54 Å². The molecule has 1 saturated carbocycles. The minimum atomic E-state index is -3.55. The molecule has 2 heterocycles. The summed E-state index contributed by atoms with van der Waals surface area (Å²) in [7, 11) is -3.55. The number of carbonyl (C=O) groups excluding carboxylic acids is 2. The van der Waals surface area contributed by atoms with Gasteiger partial charge in [-0.2, -0.15) is 4.31 Å². The average molecular weight is 500 g/mol. The van der Waals surface area contributed by atoms with Crippen LogP contribution in [0.5, 0.6) is 0 Å². The Bertz CT molecular complexity index is 938. The first kappa shape index (κ1) is 21.7. The SMILES string of the molecule is CC1CCC2(CC1)NC(=O)N(C[NH+]1CCN(S(=O)(=O)c3cccc(Br)c3)CC1)C2=O. The lowest BCUT2D eigenvalue weighted by atomic mass is 9.77. The molecule has 3 amide bonds. The lowest BCUT2D eigenvalue weighted by Crippen LogP contribution is -3.16. The van der Waals surface area contributed by atoms with Crippen LogP contribution < -0.4 is 10.2 Å². The molecule has 2 N–H and O–H groups in total. The smallest absolute Gasteiger partial charge is 0.323 e. The Balaban J connectivity index is 1.37. The highest BCUT2D eigenvalue weighted by molar-refractivity contribution is 9.10. The van der Waals surface area contributed by atoms with Crippen LogP contribution in [0.2, 0.25) is 0 Å². The average Bonchev–Trinajstić information content (AvgIpc) is 2.95. The van der Waals surface area contributed by atoms with Crippen molar-refractivity contribution in [2.24, 2.45) is 5.92 Å². The second-order valence-electron chi connectivity index (χ2n) is 8.70. The molecule has 0 radical (unpaired) electrons. The molecule has 1 aromatic carbocycles. The molecule has 30 heavy (non-hydrogen) atoms. The van der Waals surface area contributed by atoms with Crippen LogP contribution in [-0.2, 0) is 14.8 Å². The molecule has 1 spiro atoms. The van der Waals surface area contributed by atoms with E-state index < -0.39 is 15.6 Å². The van der Waals surface area contributed by atoms with Gasteiger partial charge < -0.3 is 10.2 Å². The van der Waals surface area contributed by atoms with Crippen molar-refractivity contribution in [1.29, 1.82) is 0 Å². The third-order valence-corrected chi connectivity index (χ3v) is 9.01. The molecule has 1 aromatic rings. The van der Waals surface area contributed by atoms with Gasteiger partial charge in [-0.1, -0.05) is 28.9 Å². The fraction of sp³-hybridized carbons (Fsp3) is 0.600. The number of nitrogens with zero attached hydrogens (tertiary/aromatic N) is 2. The van der Waals surface area contributed by atoms with E-state index in [0.717, 1.165) is 22.2 Å². The zero-order valence-electron chi connectivity index (χ0n) is 17.1. The Morgan fingerprint density at radius 2 is 1.87 bits per heavy atom. The van der Waals surface area contributed by atoms with Crippen LogP contribution in [0.3, 0.4) is 0 Å². The normalized spacial score (nSPS) is 28.9. The topological polar surface area (TPSA) is 91.2 Å². The van der Waals surface area contributed by atoms with Gasteiger partial charge in [-0.25, -0.2) is 18.1 Å². The van der Waals surface area contributed by atoms with Crippen molar-refractivity contribution in [1.82, 2.24) is 14.5 Å². The maximum Gasteiger partial charge on any atom is 0.329 e. The van der Waals surface area contributed by atoms with Gasteiger partial charge in [0.25, 0.3) is 5.91 Å². The molecule has 8 nitrogen and oxygen atoms in total. The Kier molecular flexibility index (Phi) is 5.95. The highest BCUT2D eigenvalue weighted by Gasteiger charge is 2.53. The van der Waals surface area contributed by atoms with Crippen LogP contribution >= 0.6 is 15.9 Å². The summed E-state index contributed by atoms with van der Waals surface area (Å²) in [4.78, 5) is 28.2. The predicted octanol–water partition coefficient (Wildman–Crippen LogP) is 0.797. The van der Waals surface area contributed by atoms with Gasteiger partial charge in [-0.3, -0.25) is 4.79 Å². The minimum absolute atomic E-state index is 0.115.